The predicted octanol–water partition coefficient (Wildman–Crippen LogP) is 4.47. The van der Waals surface area contributed by atoms with E-state index in [1.165, 1.54) is 12.1 Å². The van der Waals surface area contributed by atoms with E-state index in [1.54, 1.807) is 4.90 Å². The molecule has 1 fully saturated rings. The van der Waals surface area contributed by atoms with Gasteiger partial charge in [0.2, 0.25) is 0 Å². The number of rotatable bonds is 4. The van der Waals surface area contributed by atoms with Crippen molar-refractivity contribution in [3.8, 4) is 0 Å². The Morgan fingerprint density at radius 1 is 1.00 bits per heavy atom. The van der Waals surface area contributed by atoms with E-state index in [0.29, 0.717) is 13.1 Å². The van der Waals surface area contributed by atoms with Crippen LogP contribution in [0.4, 0.5) is 9.18 Å². The number of halogens is 1. The highest BCUT2D eigenvalue weighted by atomic mass is 19.1. The average molecular weight is 420 g/mol. The summed E-state index contributed by atoms with van der Waals surface area (Å²) >= 11 is 0. The van der Waals surface area contributed by atoms with Gasteiger partial charge in [0.15, 0.2) is 0 Å². The van der Waals surface area contributed by atoms with Crippen molar-refractivity contribution < 1.29 is 13.9 Å². The van der Waals surface area contributed by atoms with Crippen LogP contribution in [0.5, 0.6) is 0 Å². The maximum absolute atomic E-state index is 13.4. The minimum absolute atomic E-state index is 0.148. The van der Waals surface area contributed by atoms with Crippen molar-refractivity contribution in [2.75, 3.05) is 13.1 Å². The molecule has 1 amide bonds. The molecule has 3 aromatic rings. The third-order valence-electron chi connectivity index (χ3n) is 6.32. The van der Waals surface area contributed by atoms with E-state index >= 15 is 0 Å². The van der Waals surface area contributed by atoms with E-state index in [4.69, 9.17) is 4.74 Å². The van der Waals surface area contributed by atoms with Crippen LogP contribution in [-0.2, 0) is 17.8 Å². The molecule has 0 saturated carbocycles. The van der Waals surface area contributed by atoms with Crippen LogP contribution < -0.4 is 0 Å². The first-order chi connectivity index (χ1) is 15.2. The molecule has 0 N–H and O–H groups in total. The Morgan fingerprint density at radius 3 is 2.48 bits per heavy atom. The molecule has 31 heavy (non-hydrogen) atoms. The van der Waals surface area contributed by atoms with Gasteiger partial charge in [-0.3, -0.25) is 0 Å². The summed E-state index contributed by atoms with van der Waals surface area (Å²) in [4.78, 5) is 14.2. The maximum atomic E-state index is 13.4. The molecule has 1 atom stereocenters. The van der Waals surface area contributed by atoms with Crippen molar-refractivity contribution in [1.29, 1.82) is 0 Å². The Hall–Kier alpha value is -3.22. The van der Waals surface area contributed by atoms with Crippen LogP contribution in [0.25, 0.3) is 0 Å². The van der Waals surface area contributed by atoms with Crippen molar-refractivity contribution in [3.63, 3.8) is 0 Å². The molecule has 1 aromatic heterocycles. The third kappa shape index (κ3) is 4.04. The molecule has 6 nitrogen and oxygen atoms in total. The topological polar surface area (TPSA) is 60.2 Å². The van der Waals surface area contributed by atoms with Crippen LogP contribution in [0.1, 0.15) is 54.0 Å². The molecule has 0 spiro atoms. The summed E-state index contributed by atoms with van der Waals surface area (Å²) in [5.41, 5.74) is 2.07. The van der Waals surface area contributed by atoms with E-state index in [1.807, 2.05) is 42.5 Å². The van der Waals surface area contributed by atoms with Crippen LogP contribution in [0.3, 0.4) is 0 Å². The number of ether oxygens (including phenoxy) is 1. The lowest BCUT2D eigenvalue weighted by Crippen LogP contribution is -2.38. The van der Waals surface area contributed by atoms with Gasteiger partial charge >= 0.3 is 6.09 Å². The second-order valence-corrected chi connectivity index (χ2v) is 8.25. The number of aryl methyl sites for hydroxylation is 1. The number of fused-ring (bicyclic) bond motifs is 1. The van der Waals surface area contributed by atoms with Gasteiger partial charge in [0, 0.05) is 25.4 Å². The molecule has 0 radical (unpaired) electrons. The second kappa shape index (κ2) is 8.49. The maximum Gasteiger partial charge on any atom is 0.410 e. The summed E-state index contributed by atoms with van der Waals surface area (Å²) in [6.45, 7) is 1.57. The summed E-state index contributed by atoms with van der Waals surface area (Å²) in [6.07, 6.45) is 3.22. The fourth-order valence-electron chi connectivity index (χ4n) is 4.65. The van der Waals surface area contributed by atoms with Crippen LogP contribution in [-0.4, -0.2) is 38.8 Å². The molecular formula is C24H25FN4O2. The molecule has 2 aliphatic rings. The quantitative estimate of drug-likeness (QED) is 0.625. The van der Waals surface area contributed by atoms with Crippen molar-refractivity contribution in [1.82, 2.24) is 19.7 Å². The number of aromatic nitrogens is 3. The minimum atomic E-state index is -0.266. The number of benzene rings is 2. The molecule has 160 valence electrons. The molecule has 0 bridgehead atoms. The van der Waals surface area contributed by atoms with Gasteiger partial charge in [-0.05, 0) is 42.5 Å². The molecule has 1 unspecified atom stereocenters. The fraction of sp³-hybridized carbons (Fsp3) is 0.375. The molecular weight excluding hydrogens is 395 g/mol. The van der Waals surface area contributed by atoms with Gasteiger partial charge in [0.05, 0.1) is 6.04 Å². The number of hydrogen-bond donors (Lipinski definition) is 0. The standard InChI is InChI=1S/C24H25FN4O2/c25-20-8-6-18(7-9-20)21-10-11-22-26-27-23(29(21)22)19-12-14-28(15-13-19)24(30)31-16-17-4-2-1-3-5-17/h1-9,19,21H,10-16H2. The molecule has 2 aromatic carbocycles. The Morgan fingerprint density at radius 2 is 1.74 bits per heavy atom. The van der Waals surface area contributed by atoms with E-state index in [2.05, 4.69) is 14.8 Å². The highest BCUT2D eigenvalue weighted by Gasteiger charge is 2.34. The number of carbonyl (C=O) groups is 1. The first-order valence-electron chi connectivity index (χ1n) is 10.8. The number of likely N-dealkylation sites (tertiary alicyclic amines) is 1. The summed E-state index contributed by atoms with van der Waals surface area (Å²) in [5, 5.41) is 8.92. The highest BCUT2D eigenvalue weighted by molar-refractivity contribution is 5.67. The van der Waals surface area contributed by atoms with E-state index in [9.17, 15) is 9.18 Å². The molecule has 3 heterocycles. The first-order valence-corrected chi connectivity index (χ1v) is 10.8. The van der Waals surface area contributed by atoms with Crippen molar-refractivity contribution in [2.24, 2.45) is 0 Å². The van der Waals surface area contributed by atoms with Crippen molar-refractivity contribution in [2.45, 2.75) is 44.2 Å². The first kappa shape index (κ1) is 19.7. The number of carbonyl (C=O) groups excluding carboxylic acids is 1. The zero-order chi connectivity index (χ0) is 21.2. The molecule has 5 rings (SSSR count). The minimum Gasteiger partial charge on any atom is -0.445 e. The molecule has 1 saturated heterocycles. The smallest absolute Gasteiger partial charge is 0.410 e. The zero-order valence-corrected chi connectivity index (χ0v) is 17.3. The van der Waals surface area contributed by atoms with Gasteiger partial charge in [-0.1, -0.05) is 42.5 Å². The van der Waals surface area contributed by atoms with Crippen molar-refractivity contribution in [3.05, 3.63) is 83.2 Å². The monoisotopic (exact) mass is 420 g/mol. The van der Waals surface area contributed by atoms with Crippen LogP contribution >= 0.6 is 0 Å². The number of amides is 1. The summed E-state index contributed by atoms with van der Waals surface area (Å²) in [6, 6.07) is 16.6. The van der Waals surface area contributed by atoms with Crippen LogP contribution in [0.2, 0.25) is 0 Å². The number of piperidine rings is 1. The Labute approximate surface area is 180 Å². The van der Waals surface area contributed by atoms with Gasteiger partial charge in [-0.15, -0.1) is 10.2 Å². The normalized spacial score (nSPS) is 18.7. The summed E-state index contributed by atoms with van der Waals surface area (Å²) in [5.74, 6) is 2.01. The highest BCUT2D eigenvalue weighted by Crippen LogP contribution is 2.37. The number of hydrogen-bond acceptors (Lipinski definition) is 4. The summed E-state index contributed by atoms with van der Waals surface area (Å²) < 4.78 is 21.1. The van der Waals surface area contributed by atoms with E-state index in [0.717, 1.165) is 48.5 Å². The van der Waals surface area contributed by atoms with Gasteiger partial charge in [0.25, 0.3) is 0 Å². The lowest BCUT2D eigenvalue weighted by molar-refractivity contribution is 0.0864. The lowest BCUT2D eigenvalue weighted by atomic mass is 9.95. The Kier molecular flexibility index (Phi) is 5.40. The van der Waals surface area contributed by atoms with Gasteiger partial charge in [-0.2, -0.15) is 0 Å². The van der Waals surface area contributed by atoms with E-state index < -0.39 is 0 Å². The van der Waals surface area contributed by atoms with E-state index in [-0.39, 0.29) is 30.5 Å². The second-order valence-electron chi connectivity index (χ2n) is 8.25. The van der Waals surface area contributed by atoms with Gasteiger partial charge in [-0.25, -0.2) is 9.18 Å². The Balaban J connectivity index is 1.23. The third-order valence-corrected chi connectivity index (χ3v) is 6.32. The van der Waals surface area contributed by atoms with Gasteiger partial charge < -0.3 is 14.2 Å². The predicted molar refractivity (Wildman–Crippen MR) is 113 cm³/mol. The lowest BCUT2D eigenvalue weighted by Gasteiger charge is -2.31. The fourth-order valence-corrected chi connectivity index (χ4v) is 4.65. The molecule has 0 aliphatic carbocycles. The van der Waals surface area contributed by atoms with Crippen LogP contribution in [0, 0.1) is 5.82 Å². The molecule has 2 aliphatic heterocycles. The molecule has 7 heteroatoms. The Bertz CT molecular complexity index is 1040. The van der Waals surface area contributed by atoms with Crippen molar-refractivity contribution >= 4 is 6.09 Å². The SMILES string of the molecule is O=C(OCc1ccccc1)N1CCC(c2nnc3n2C(c2ccc(F)cc2)CC3)CC1. The average Bonchev–Trinajstić information content (AvgIpc) is 3.41. The largest absolute Gasteiger partial charge is 0.445 e. The van der Waals surface area contributed by atoms with Gasteiger partial charge in [0.1, 0.15) is 24.1 Å². The summed E-state index contributed by atoms with van der Waals surface area (Å²) in [7, 11) is 0. The zero-order valence-electron chi connectivity index (χ0n) is 17.3. The van der Waals surface area contributed by atoms with Crippen LogP contribution in [0.15, 0.2) is 54.6 Å². The number of nitrogens with zero attached hydrogens (tertiary/aromatic N) is 4.